The maximum atomic E-state index is 11.5. The fraction of sp³-hybridized carbons (Fsp3) is 0.650. The zero-order chi connectivity index (χ0) is 21.3. The van der Waals surface area contributed by atoms with Crippen LogP contribution in [0.1, 0.15) is 12.0 Å². The van der Waals surface area contributed by atoms with Crippen molar-refractivity contribution in [3.63, 3.8) is 0 Å². The molecule has 2 atom stereocenters. The number of carbonyl (C=O) groups is 1. The summed E-state index contributed by atoms with van der Waals surface area (Å²) in [5, 5.41) is 23.8. The highest BCUT2D eigenvalue weighted by molar-refractivity contribution is 5.77. The van der Waals surface area contributed by atoms with E-state index in [0.29, 0.717) is 50.8 Å². The van der Waals surface area contributed by atoms with E-state index in [1.165, 1.54) is 7.11 Å². The number of hydrogen-bond donors (Lipinski definition) is 3. The molecule has 0 unspecified atom stereocenters. The van der Waals surface area contributed by atoms with E-state index < -0.39 is 11.7 Å². The van der Waals surface area contributed by atoms with Crippen molar-refractivity contribution in [2.75, 3.05) is 60.8 Å². The molecule has 29 heavy (non-hydrogen) atoms. The maximum absolute atomic E-state index is 11.5. The number of hydrogen-bond acceptors (Lipinski definition) is 8. The Kier molecular flexibility index (Phi) is 9.12. The van der Waals surface area contributed by atoms with Crippen LogP contribution < -0.4 is 14.8 Å². The van der Waals surface area contributed by atoms with Crippen molar-refractivity contribution in [1.29, 1.82) is 0 Å². The highest BCUT2D eigenvalue weighted by Crippen LogP contribution is 2.30. The SMILES string of the molecule is COCCOc1cc(CN2CC[C@@](O)(CNC(=O)COC)[C@H](O)C2)ccc1OC. The molecule has 1 aromatic carbocycles. The molecule has 9 nitrogen and oxygen atoms in total. The Morgan fingerprint density at radius 2 is 2.03 bits per heavy atom. The van der Waals surface area contributed by atoms with E-state index in [0.717, 1.165) is 5.56 Å². The number of β-amino-alcohol motifs (C(OH)–C–C–N with tert-alkyl or cyclic N) is 1. The molecule has 0 bridgehead atoms. The molecule has 1 fully saturated rings. The lowest BCUT2D eigenvalue weighted by Crippen LogP contribution is -2.60. The number of benzene rings is 1. The van der Waals surface area contributed by atoms with Crippen molar-refractivity contribution in [3.05, 3.63) is 23.8 Å². The van der Waals surface area contributed by atoms with Gasteiger partial charge >= 0.3 is 0 Å². The molecule has 164 valence electrons. The number of carbonyl (C=O) groups excluding carboxylic acids is 1. The summed E-state index contributed by atoms with van der Waals surface area (Å²) < 4.78 is 20.8. The lowest BCUT2D eigenvalue weighted by molar-refractivity contribution is -0.134. The number of nitrogens with zero attached hydrogens (tertiary/aromatic N) is 1. The fourth-order valence-corrected chi connectivity index (χ4v) is 3.23. The molecule has 0 aromatic heterocycles. The van der Waals surface area contributed by atoms with Crippen LogP contribution in [0.3, 0.4) is 0 Å². The Labute approximate surface area is 171 Å². The molecule has 1 aliphatic rings. The molecule has 1 amide bonds. The van der Waals surface area contributed by atoms with Gasteiger partial charge in [-0.1, -0.05) is 6.07 Å². The third kappa shape index (κ3) is 6.83. The predicted molar refractivity (Wildman–Crippen MR) is 106 cm³/mol. The van der Waals surface area contributed by atoms with E-state index in [9.17, 15) is 15.0 Å². The number of nitrogens with one attached hydrogen (secondary N) is 1. The van der Waals surface area contributed by atoms with Crippen LogP contribution in [0.15, 0.2) is 18.2 Å². The number of amides is 1. The van der Waals surface area contributed by atoms with Crippen molar-refractivity contribution in [2.24, 2.45) is 0 Å². The van der Waals surface area contributed by atoms with E-state index >= 15 is 0 Å². The second-order valence-corrected chi connectivity index (χ2v) is 7.14. The highest BCUT2D eigenvalue weighted by Gasteiger charge is 2.40. The first-order valence-electron chi connectivity index (χ1n) is 9.59. The van der Waals surface area contributed by atoms with Gasteiger partial charge in [0.2, 0.25) is 5.91 Å². The second kappa shape index (κ2) is 11.3. The molecule has 0 saturated carbocycles. The van der Waals surface area contributed by atoms with Crippen molar-refractivity contribution in [2.45, 2.75) is 24.7 Å². The Morgan fingerprint density at radius 3 is 2.69 bits per heavy atom. The van der Waals surface area contributed by atoms with Crippen LogP contribution in [0.25, 0.3) is 0 Å². The van der Waals surface area contributed by atoms with Gasteiger partial charge in [0.15, 0.2) is 11.5 Å². The number of piperidine rings is 1. The Hall–Kier alpha value is -1.91. The van der Waals surface area contributed by atoms with E-state index in [1.54, 1.807) is 14.2 Å². The summed E-state index contributed by atoms with van der Waals surface area (Å²) in [6.45, 7) is 2.27. The lowest BCUT2D eigenvalue weighted by atomic mass is 9.88. The largest absolute Gasteiger partial charge is 0.493 e. The number of methoxy groups -OCH3 is 3. The molecule has 3 N–H and O–H groups in total. The molecule has 1 heterocycles. The Bertz CT molecular complexity index is 658. The summed E-state index contributed by atoms with van der Waals surface area (Å²) in [6, 6.07) is 5.70. The zero-order valence-electron chi connectivity index (χ0n) is 17.3. The van der Waals surface area contributed by atoms with Gasteiger partial charge in [0.05, 0.1) is 19.8 Å². The minimum absolute atomic E-state index is 0.00970. The average Bonchev–Trinajstić information content (AvgIpc) is 2.70. The minimum Gasteiger partial charge on any atom is -0.493 e. The molecule has 1 saturated heterocycles. The summed E-state index contributed by atoms with van der Waals surface area (Å²) in [4.78, 5) is 13.6. The van der Waals surface area contributed by atoms with Gasteiger partial charge in [-0.3, -0.25) is 9.69 Å². The summed E-state index contributed by atoms with van der Waals surface area (Å²) in [7, 11) is 4.63. The number of likely N-dealkylation sites (tertiary alicyclic amines) is 1. The van der Waals surface area contributed by atoms with Gasteiger partial charge in [0.25, 0.3) is 0 Å². The molecule has 0 spiro atoms. The molecule has 1 aliphatic heterocycles. The number of aliphatic hydroxyl groups excluding tert-OH is 1. The quantitative estimate of drug-likeness (QED) is 0.428. The molecule has 0 radical (unpaired) electrons. The number of aliphatic hydroxyl groups is 2. The zero-order valence-corrected chi connectivity index (χ0v) is 17.3. The van der Waals surface area contributed by atoms with Crippen LogP contribution >= 0.6 is 0 Å². The highest BCUT2D eigenvalue weighted by atomic mass is 16.5. The van der Waals surface area contributed by atoms with Crippen molar-refractivity contribution in [1.82, 2.24) is 10.2 Å². The van der Waals surface area contributed by atoms with Crippen LogP contribution in [0, 0.1) is 0 Å². The molecule has 0 aliphatic carbocycles. The van der Waals surface area contributed by atoms with E-state index in [2.05, 4.69) is 10.2 Å². The van der Waals surface area contributed by atoms with Crippen LogP contribution in [-0.4, -0.2) is 93.5 Å². The van der Waals surface area contributed by atoms with Crippen LogP contribution in [0.5, 0.6) is 11.5 Å². The molecule has 2 rings (SSSR count). The van der Waals surface area contributed by atoms with Gasteiger partial charge < -0.3 is 34.5 Å². The number of rotatable bonds is 11. The van der Waals surface area contributed by atoms with Gasteiger partial charge in [-0.05, 0) is 24.1 Å². The fourth-order valence-electron chi connectivity index (χ4n) is 3.23. The number of ether oxygens (including phenoxy) is 4. The normalized spacial score (nSPS) is 22.3. The summed E-state index contributed by atoms with van der Waals surface area (Å²) >= 11 is 0. The first kappa shape index (κ1) is 23.4. The van der Waals surface area contributed by atoms with Gasteiger partial charge in [-0.2, -0.15) is 0 Å². The summed E-state index contributed by atoms with van der Waals surface area (Å²) in [6.07, 6.45) is -0.635. The van der Waals surface area contributed by atoms with Crippen LogP contribution in [0.4, 0.5) is 0 Å². The maximum Gasteiger partial charge on any atom is 0.246 e. The van der Waals surface area contributed by atoms with Gasteiger partial charge in [0, 0.05) is 40.4 Å². The van der Waals surface area contributed by atoms with Crippen molar-refractivity contribution in [3.8, 4) is 11.5 Å². The van der Waals surface area contributed by atoms with Crippen LogP contribution in [-0.2, 0) is 20.8 Å². The molecular weight excluding hydrogens is 380 g/mol. The van der Waals surface area contributed by atoms with Gasteiger partial charge in [0.1, 0.15) is 18.8 Å². The first-order valence-corrected chi connectivity index (χ1v) is 9.59. The third-order valence-electron chi connectivity index (χ3n) is 4.96. The summed E-state index contributed by atoms with van der Waals surface area (Å²) in [5.74, 6) is 0.955. The van der Waals surface area contributed by atoms with E-state index in [-0.39, 0.29) is 19.1 Å². The van der Waals surface area contributed by atoms with E-state index in [1.807, 2.05) is 18.2 Å². The van der Waals surface area contributed by atoms with Crippen molar-refractivity contribution < 1.29 is 34.0 Å². The monoisotopic (exact) mass is 412 g/mol. The average molecular weight is 412 g/mol. The van der Waals surface area contributed by atoms with Gasteiger partial charge in [-0.15, -0.1) is 0 Å². The van der Waals surface area contributed by atoms with E-state index in [4.69, 9.17) is 18.9 Å². The Morgan fingerprint density at radius 1 is 1.24 bits per heavy atom. The first-order chi connectivity index (χ1) is 13.9. The molecule has 9 heteroatoms. The predicted octanol–water partition coefficient (Wildman–Crippen LogP) is -0.219. The minimum atomic E-state index is -1.35. The topological polar surface area (TPSA) is 110 Å². The summed E-state index contributed by atoms with van der Waals surface area (Å²) in [5.41, 5.74) is -0.349. The lowest BCUT2D eigenvalue weighted by Gasteiger charge is -2.42. The van der Waals surface area contributed by atoms with Gasteiger partial charge in [-0.25, -0.2) is 0 Å². The van der Waals surface area contributed by atoms with Crippen molar-refractivity contribution >= 4 is 5.91 Å². The third-order valence-corrected chi connectivity index (χ3v) is 4.96. The molecular formula is C20H32N2O7. The van der Waals surface area contributed by atoms with Crippen LogP contribution in [0.2, 0.25) is 0 Å². The standard InChI is InChI=1S/C20H32N2O7/c1-26-8-9-29-17-10-15(4-5-16(17)28-3)11-22-7-6-20(25,18(23)12-22)14-21-19(24)13-27-2/h4-5,10,18,23,25H,6-9,11-14H2,1-3H3,(H,21,24)/t18-,20-/m1/s1. The second-order valence-electron chi connectivity index (χ2n) is 7.14. The molecule has 1 aromatic rings. The smallest absolute Gasteiger partial charge is 0.246 e. The Balaban J connectivity index is 1.93.